The SMILES string of the molecule is CC(=O)c1ccc(CCC2CCC(CS(=O)(=O)C(C)C)CC2)cc1. The van der Waals surface area contributed by atoms with Crippen LogP contribution < -0.4 is 0 Å². The van der Waals surface area contributed by atoms with E-state index in [0.717, 1.165) is 44.1 Å². The largest absolute Gasteiger partial charge is 0.295 e. The smallest absolute Gasteiger partial charge is 0.159 e. The third kappa shape index (κ3) is 5.44. The first-order valence-electron chi connectivity index (χ1n) is 9.09. The highest BCUT2D eigenvalue weighted by Gasteiger charge is 2.27. The second-order valence-corrected chi connectivity index (χ2v) is 10.2. The fourth-order valence-electron chi connectivity index (χ4n) is 3.48. The zero-order chi connectivity index (χ0) is 17.7. The van der Waals surface area contributed by atoms with Crippen LogP contribution in [0.3, 0.4) is 0 Å². The Kier molecular flexibility index (Phi) is 6.62. The number of carbonyl (C=O) groups is 1. The Morgan fingerprint density at radius 1 is 1.04 bits per heavy atom. The molecule has 0 amide bonds. The van der Waals surface area contributed by atoms with E-state index in [9.17, 15) is 13.2 Å². The molecule has 1 aromatic rings. The van der Waals surface area contributed by atoms with Crippen LogP contribution in [0.2, 0.25) is 0 Å². The molecule has 1 aromatic carbocycles. The Labute approximate surface area is 146 Å². The molecular formula is C20H30O3S. The van der Waals surface area contributed by atoms with Gasteiger partial charge in [0.15, 0.2) is 15.6 Å². The van der Waals surface area contributed by atoms with Gasteiger partial charge in [-0.05, 0) is 63.9 Å². The molecule has 0 radical (unpaired) electrons. The van der Waals surface area contributed by atoms with Crippen molar-refractivity contribution in [1.29, 1.82) is 0 Å². The van der Waals surface area contributed by atoms with Gasteiger partial charge >= 0.3 is 0 Å². The third-order valence-corrected chi connectivity index (χ3v) is 7.73. The Balaban J connectivity index is 1.76. The molecule has 1 aliphatic rings. The van der Waals surface area contributed by atoms with E-state index in [4.69, 9.17) is 0 Å². The van der Waals surface area contributed by atoms with Crippen LogP contribution in [0.5, 0.6) is 0 Å². The molecule has 134 valence electrons. The van der Waals surface area contributed by atoms with Crippen LogP contribution in [0.1, 0.15) is 68.8 Å². The summed E-state index contributed by atoms with van der Waals surface area (Å²) in [5.41, 5.74) is 2.05. The molecule has 0 aliphatic heterocycles. The van der Waals surface area contributed by atoms with E-state index in [2.05, 4.69) is 12.1 Å². The maximum atomic E-state index is 12.0. The quantitative estimate of drug-likeness (QED) is 0.683. The maximum absolute atomic E-state index is 12.0. The molecule has 1 fully saturated rings. The van der Waals surface area contributed by atoms with Gasteiger partial charge in [-0.15, -0.1) is 0 Å². The molecule has 0 bridgehead atoms. The Morgan fingerprint density at radius 2 is 1.58 bits per heavy atom. The molecule has 1 aliphatic carbocycles. The summed E-state index contributed by atoms with van der Waals surface area (Å²) >= 11 is 0. The predicted molar refractivity (Wildman–Crippen MR) is 99.1 cm³/mol. The summed E-state index contributed by atoms with van der Waals surface area (Å²) in [5, 5.41) is -0.256. The molecule has 1 saturated carbocycles. The van der Waals surface area contributed by atoms with E-state index in [1.807, 2.05) is 12.1 Å². The lowest BCUT2D eigenvalue weighted by Crippen LogP contribution is -2.26. The lowest BCUT2D eigenvalue weighted by molar-refractivity contribution is 0.101. The van der Waals surface area contributed by atoms with E-state index in [1.54, 1.807) is 20.8 Å². The minimum atomic E-state index is -2.91. The van der Waals surface area contributed by atoms with Crippen molar-refractivity contribution in [2.45, 2.75) is 64.5 Å². The molecule has 0 unspecified atom stereocenters. The van der Waals surface area contributed by atoms with Crippen molar-refractivity contribution in [2.75, 3.05) is 5.75 Å². The number of hydrogen-bond donors (Lipinski definition) is 0. The van der Waals surface area contributed by atoms with Crippen molar-refractivity contribution in [2.24, 2.45) is 11.8 Å². The summed E-state index contributed by atoms with van der Waals surface area (Å²) in [7, 11) is -2.91. The van der Waals surface area contributed by atoms with Crippen LogP contribution >= 0.6 is 0 Å². The summed E-state index contributed by atoms with van der Waals surface area (Å²) in [4.78, 5) is 11.3. The molecule has 4 heteroatoms. The van der Waals surface area contributed by atoms with Crippen LogP contribution in [-0.2, 0) is 16.3 Å². The summed E-state index contributed by atoms with van der Waals surface area (Å²) in [6.45, 7) is 5.14. The van der Waals surface area contributed by atoms with E-state index < -0.39 is 9.84 Å². The van der Waals surface area contributed by atoms with E-state index in [0.29, 0.717) is 17.6 Å². The fourth-order valence-corrected chi connectivity index (χ4v) is 4.86. The molecule has 24 heavy (non-hydrogen) atoms. The number of hydrogen-bond acceptors (Lipinski definition) is 3. The summed E-state index contributed by atoms with van der Waals surface area (Å²) < 4.78 is 24.1. The van der Waals surface area contributed by atoms with Crippen molar-refractivity contribution < 1.29 is 13.2 Å². The van der Waals surface area contributed by atoms with Crippen LogP contribution in [-0.4, -0.2) is 25.2 Å². The average Bonchev–Trinajstić information content (AvgIpc) is 2.54. The first-order chi connectivity index (χ1) is 11.3. The summed E-state index contributed by atoms with van der Waals surface area (Å²) in [6, 6.07) is 7.92. The number of sulfone groups is 1. The second kappa shape index (κ2) is 8.28. The topological polar surface area (TPSA) is 51.2 Å². The Hall–Kier alpha value is -1.16. The Morgan fingerprint density at radius 3 is 2.08 bits per heavy atom. The maximum Gasteiger partial charge on any atom is 0.159 e. The van der Waals surface area contributed by atoms with Gasteiger partial charge in [-0.1, -0.05) is 37.1 Å². The van der Waals surface area contributed by atoms with Gasteiger partial charge in [-0.2, -0.15) is 0 Å². The normalized spacial score (nSPS) is 21.8. The molecule has 2 rings (SSSR count). The monoisotopic (exact) mass is 350 g/mol. The zero-order valence-electron chi connectivity index (χ0n) is 15.1. The van der Waals surface area contributed by atoms with E-state index >= 15 is 0 Å². The fraction of sp³-hybridized carbons (Fsp3) is 0.650. The van der Waals surface area contributed by atoms with E-state index in [1.165, 1.54) is 5.56 Å². The summed E-state index contributed by atoms with van der Waals surface area (Å²) in [6.07, 6.45) is 6.56. The molecule has 0 atom stereocenters. The number of rotatable bonds is 7. The molecule has 0 N–H and O–H groups in total. The van der Waals surface area contributed by atoms with Crippen molar-refractivity contribution in [3.05, 3.63) is 35.4 Å². The van der Waals surface area contributed by atoms with Gasteiger partial charge in [0.05, 0.1) is 11.0 Å². The first-order valence-corrected chi connectivity index (χ1v) is 10.8. The van der Waals surface area contributed by atoms with Crippen LogP contribution in [0, 0.1) is 11.8 Å². The first kappa shape index (κ1) is 19.2. The minimum Gasteiger partial charge on any atom is -0.295 e. The van der Waals surface area contributed by atoms with Crippen LogP contribution in [0.15, 0.2) is 24.3 Å². The van der Waals surface area contributed by atoms with Gasteiger partial charge in [-0.25, -0.2) is 8.42 Å². The molecule has 0 saturated heterocycles. The van der Waals surface area contributed by atoms with Crippen LogP contribution in [0.25, 0.3) is 0 Å². The van der Waals surface area contributed by atoms with Gasteiger partial charge < -0.3 is 0 Å². The van der Waals surface area contributed by atoms with E-state index in [-0.39, 0.29) is 11.0 Å². The lowest BCUT2D eigenvalue weighted by Gasteiger charge is -2.28. The molecule has 0 spiro atoms. The standard InChI is InChI=1S/C20H30O3S/c1-15(2)24(22,23)14-19-8-6-17(7-9-19)4-5-18-10-12-20(13-11-18)16(3)21/h10-13,15,17,19H,4-9,14H2,1-3H3. The van der Waals surface area contributed by atoms with Gasteiger partial charge in [0.2, 0.25) is 0 Å². The highest BCUT2D eigenvalue weighted by molar-refractivity contribution is 7.91. The molecule has 3 nitrogen and oxygen atoms in total. The average molecular weight is 351 g/mol. The highest BCUT2D eigenvalue weighted by atomic mass is 32.2. The number of benzene rings is 1. The number of carbonyl (C=O) groups excluding carboxylic acids is 1. The Bertz CT molecular complexity index is 636. The van der Waals surface area contributed by atoms with Crippen molar-refractivity contribution in [1.82, 2.24) is 0 Å². The lowest BCUT2D eigenvalue weighted by atomic mass is 9.80. The number of aryl methyl sites for hydroxylation is 1. The second-order valence-electron chi connectivity index (χ2n) is 7.56. The van der Waals surface area contributed by atoms with Gasteiger partial charge in [-0.3, -0.25) is 4.79 Å². The van der Waals surface area contributed by atoms with Gasteiger partial charge in [0, 0.05) is 5.56 Å². The van der Waals surface area contributed by atoms with Gasteiger partial charge in [0.1, 0.15) is 0 Å². The number of ketones is 1. The van der Waals surface area contributed by atoms with Gasteiger partial charge in [0.25, 0.3) is 0 Å². The van der Waals surface area contributed by atoms with Crippen molar-refractivity contribution in [3.63, 3.8) is 0 Å². The van der Waals surface area contributed by atoms with Crippen molar-refractivity contribution in [3.8, 4) is 0 Å². The molecular weight excluding hydrogens is 320 g/mol. The van der Waals surface area contributed by atoms with Crippen molar-refractivity contribution >= 4 is 15.6 Å². The zero-order valence-corrected chi connectivity index (χ0v) is 15.9. The predicted octanol–water partition coefficient (Wildman–Crippen LogP) is 4.45. The molecule has 0 heterocycles. The molecule has 0 aromatic heterocycles. The summed E-state index contributed by atoms with van der Waals surface area (Å²) in [5.74, 6) is 1.53. The third-order valence-electron chi connectivity index (χ3n) is 5.35. The minimum absolute atomic E-state index is 0.108. The van der Waals surface area contributed by atoms with Crippen LogP contribution in [0.4, 0.5) is 0 Å². The number of Topliss-reactive ketones (excluding diaryl/α,β-unsaturated/α-hetero) is 1. The highest BCUT2D eigenvalue weighted by Crippen LogP contribution is 2.32.